The van der Waals surface area contributed by atoms with E-state index >= 15 is 0 Å². The molecular weight excluding hydrogens is 446 g/mol. The van der Waals surface area contributed by atoms with E-state index in [0.717, 1.165) is 10.8 Å². The number of carbonyl (C=O) groups excluding carboxylic acids is 3. The van der Waals surface area contributed by atoms with E-state index in [1.165, 1.54) is 0 Å². The first-order valence-electron chi connectivity index (χ1n) is 12.5. The maximum atomic E-state index is 13.9. The third-order valence-electron chi connectivity index (χ3n) is 8.28. The molecule has 0 aliphatic carbocycles. The summed E-state index contributed by atoms with van der Waals surface area (Å²) in [5, 5.41) is 17.1. The van der Waals surface area contributed by atoms with Gasteiger partial charge in [0.05, 0.1) is 17.4 Å². The van der Waals surface area contributed by atoms with Gasteiger partial charge in [-0.05, 0) is 55.0 Å². The van der Waals surface area contributed by atoms with Crippen LogP contribution in [-0.4, -0.2) is 65.2 Å². The van der Waals surface area contributed by atoms with Gasteiger partial charge in [0.1, 0.15) is 11.6 Å². The fourth-order valence-corrected chi connectivity index (χ4v) is 6.68. The lowest BCUT2D eigenvalue weighted by Gasteiger charge is -2.33. The molecule has 0 saturated carbocycles. The molecule has 2 bridgehead atoms. The van der Waals surface area contributed by atoms with Gasteiger partial charge in [0.2, 0.25) is 17.7 Å². The van der Waals surface area contributed by atoms with E-state index in [1.807, 2.05) is 49.4 Å². The molecular formula is C27H33N3O5. The monoisotopic (exact) mass is 479 g/mol. The predicted octanol–water partition coefficient (Wildman–Crippen LogP) is 2.45. The number of aliphatic hydroxyl groups is 1. The third-order valence-corrected chi connectivity index (χ3v) is 8.28. The Balaban J connectivity index is 1.51. The Labute approximate surface area is 205 Å². The fraction of sp³-hybridized carbons (Fsp3) is 0.519. The zero-order valence-corrected chi connectivity index (χ0v) is 20.3. The highest BCUT2D eigenvalue weighted by molar-refractivity contribution is 6.04. The molecule has 3 saturated heterocycles. The third kappa shape index (κ3) is 3.53. The molecule has 5 atom stereocenters. The minimum absolute atomic E-state index is 0.0147. The van der Waals surface area contributed by atoms with Crippen molar-refractivity contribution >= 4 is 34.2 Å². The van der Waals surface area contributed by atoms with Crippen LogP contribution < -0.4 is 10.6 Å². The number of hydrogen-bond acceptors (Lipinski definition) is 5. The topological polar surface area (TPSA) is 108 Å². The molecule has 2 aromatic rings. The van der Waals surface area contributed by atoms with E-state index in [2.05, 4.69) is 10.6 Å². The van der Waals surface area contributed by atoms with Crippen molar-refractivity contribution in [2.45, 2.75) is 56.3 Å². The van der Waals surface area contributed by atoms with Crippen LogP contribution in [0.4, 0.5) is 5.69 Å². The molecule has 35 heavy (non-hydrogen) atoms. The Morgan fingerprint density at radius 2 is 1.89 bits per heavy atom. The van der Waals surface area contributed by atoms with Crippen LogP contribution in [0.5, 0.6) is 0 Å². The highest BCUT2D eigenvalue weighted by Gasteiger charge is 2.78. The van der Waals surface area contributed by atoms with Gasteiger partial charge in [-0.15, -0.1) is 0 Å². The second-order valence-electron chi connectivity index (χ2n) is 9.96. The number of nitrogens with zero attached hydrogens (tertiary/aromatic N) is 1. The SMILES string of the molecule is CC[C@@]12CCC3(O1)C(C(=O)Nc1ccc4ccccc4c1)N(CCCCO)C(=O)[C@@H]3[C@@H]2C(=O)NC. The van der Waals surface area contributed by atoms with Crippen LogP contribution in [0.15, 0.2) is 42.5 Å². The van der Waals surface area contributed by atoms with Gasteiger partial charge in [-0.1, -0.05) is 37.3 Å². The number of ether oxygens (including phenoxy) is 1. The molecule has 0 aromatic heterocycles. The summed E-state index contributed by atoms with van der Waals surface area (Å²) in [7, 11) is 1.58. The smallest absolute Gasteiger partial charge is 0.250 e. The highest BCUT2D eigenvalue weighted by atomic mass is 16.5. The van der Waals surface area contributed by atoms with Gasteiger partial charge in [0.15, 0.2) is 0 Å². The number of fused-ring (bicyclic) bond motifs is 2. The number of hydrogen-bond donors (Lipinski definition) is 3. The zero-order valence-electron chi connectivity index (χ0n) is 20.3. The molecule has 1 spiro atoms. The van der Waals surface area contributed by atoms with Crippen molar-refractivity contribution in [2.75, 3.05) is 25.5 Å². The molecule has 2 aromatic carbocycles. The van der Waals surface area contributed by atoms with Crippen LogP contribution in [0.1, 0.15) is 39.0 Å². The lowest BCUT2D eigenvalue weighted by Crippen LogP contribution is -2.53. The van der Waals surface area contributed by atoms with Crippen molar-refractivity contribution in [3.05, 3.63) is 42.5 Å². The van der Waals surface area contributed by atoms with Crippen LogP contribution in [0.3, 0.4) is 0 Å². The van der Waals surface area contributed by atoms with Crippen LogP contribution in [0.2, 0.25) is 0 Å². The zero-order chi connectivity index (χ0) is 24.8. The number of anilines is 1. The first kappa shape index (κ1) is 23.8. The number of rotatable bonds is 8. The molecule has 3 fully saturated rings. The molecule has 3 aliphatic rings. The molecule has 3 N–H and O–H groups in total. The summed E-state index contributed by atoms with van der Waals surface area (Å²) in [4.78, 5) is 42.3. The van der Waals surface area contributed by atoms with E-state index < -0.39 is 29.1 Å². The Kier molecular flexibility index (Phi) is 6.05. The molecule has 2 unspecified atom stereocenters. The minimum Gasteiger partial charge on any atom is -0.396 e. The summed E-state index contributed by atoms with van der Waals surface area (Å²) >= 11 is 0. The Morgan fingerprint density at radius 3 is 2.60 bits per heavy atom. The molecule has 3 amide bonds. The quantitative estimate of drug-likeness (QED) is 0.504. The number of nitrogens with one attached hydrogen (secondary N) is 2. The molecule has 8 nitrogen and oxygen atoms in total. The van der Waals surface area contributed by atoms with Gasteiger partial charge in [-0.25, -0.2) is 0 Å². The van der Waals surface area contributed by atoms with E-state index in [0.29, 0.717) is 44.3 Å². The standard InChI is InChI=1S/C27H33N3O5/c1-3-26-12-13-27(35-26)21(20(26)23(32)28-2)25(34)30(14-6-7-15-31)22(27)24(33)29-19-11-10-17-8-4-5-9-18(17)16-19/h4-5,8-11,16,20-22,31H,3,6-7,12-15H2,1-2H3,(H,28,32)(H,29,33)/t20-,21+,22?,26+,27?/m1/s1. The fourth-order valence-electron chi connectivity index (χ4n) is 6.68. The number of unbranched alkanes of at least 4 members (excludes halogenated alkanes) is 1. The predicted molar refractivity (Wildman–Crippen MR) is 132 cm³/mol. The first-order chi connectivity index (χ1) is 16.9. The van der Waals surface area contributed by atoms with Gasteiger partial charge in [-0.2, -0.15) is 0 Å². The average Bonchev–Trinajstić information content (AvgIpc) is 3.47. The van der Waals surface area contributed by atoms with Crippen molar-refractivity contribution < 1.29 is 24.2 Å². The maximum absolute atomic E-state index is 13.9. The number of carbonyl (C=O) groups is 3. The van der Waals surface area contributed by atoms with Crippen LogP contribution in [-0.2, 0) is 19.1 Å². The summed E-state index contributed by atoms with van der Waals surface area (Å²) in [6.07, 6.45) is 2.88. The first-order valence-corrected chi connectivity index (χ1v) is 12.5. The average molecular weight is 480 g/mol. The normalized spacial score (nSPS) is 31.1. The lowest BCUT2D eigenvalue weighted by atomic mass is 9.65. The number of aliphatic hydroxyl groups excluding tert-OH is 1. The number of benzene rings is 2. The van der Waals surface area contributed by atoms with Crippen LogP contribution in [0, 0.1) is 11.8 Å². The second kappa shape index (κ2) is 8.91. The Bertz CT molecular complexity index is 1170. The van der Waals surface area contributed by atoms with Crippen molar-refractivity contribution in [1.29, 1.82) is 0 Å². The van der Waals surface area contributed by atoms with Crippen molar-refractivity contribution in [1.82, 2.24) is 10.2 Å². The summed E-state index contributed by atoms with van der Waals surface area (Å²) in [5.41, 5.74) is -1.12. The molecule has 5 rings (SSSR count). The maximum Gasteiger partial charge on any atom is 0.250 e. The van der Waals surface area contributed by atoms with Gasteiger partial charge < -0.3 is 25.4 Å². The Morgan fingerprint density at radius 1 is 1.11 bits per heavy atom. The van der Waals surface area contributed by atoms with Crippen molar-refractivity contribution in [3.63, 3.8) is 0 Å². The molecule has 186 valence electrons. The van der Waals surface area contributed by atoms with Gasteiger partial charge in [0, 0.05) is 25.9 Å². The molecule has 8 heteroatoms. The number of likely N-dealkylation sites (tertiary alicyclic amines) is 1. The van der Waals surface area contributed by atoms with Crippen molar-refractivity contribution in [2.24, 2.45) is 11.8 Å². The molecule has 3 heterocycles. The largest absolute Gasteiger partial charge is 0.396 e. The van der Waals surface area contributed by atoms with Crippen molar-refractivity contribution in [3.8, 4) is 0 Å². The van der Waals surface area contributed by atoms with Gasteiger partial charge in [0.25, 0.3) is 0 Å². The summed E-state index contributed by atoms with van der Waals surface area (Å²) < 4.78 is 6.67. The van der Waals surface area contributed by atoms with Crippen LogP contribution in [0.25, 0.3) is 10.8 Å². The van der Waals surface area contributed by atoms with E-state index in [9.17, 15) is 19.5 Å². The molecule has 0 radical (unpaired) electrons. The summed E-state index contributed by atoms with van der Waals surface area (Å²) in [5.74, 6) is -2.04. The van der Waals surface area contributed by atoms with Gasteiger partial charge >= 0.3 is 0 Å². The summed E-state index contributed by atoms with van der Waals surface area (Å²) in [6, 6.07) is 12.8. The number of amides is 3. The molecule has 3 aliphatic heterocycles. The van der Waals surface area contributed by atoms with Crippen LogP contribution >= 0.6 is 0 Å². The van der Waals surface area contributed by atoms with E-state index in [4.69, 9.17) is 4.74 Å². The van der Waals surface area contributed by atoms with E-state index in [1.54, 1.807) is 11.9 Å². The Hall–Kier alpha value is -2.97. The highest BCUT2D eigenvalue weighted by Crippen LogP contribution is 2.64. The van der Waals surface area contributed by atoms with E-state index in [-0.39, 0.29) is 24.3 Å². The lowest BCUT2D eigenvalue weighted by molar-refractivity contribution is -0.145. The van der Waals surface area contributed by atoms with Gasteiger partial charge in [-0.3, -0.25) is 14.4 Å². The summed E-state index contributed by atoms with van der Waals surface area (Å²) in [6.45, 7) is 2.32. The minimum atomic E-state index is -1.04. The second-order valence-corrected chi connectivity index (χ2v) is 9.96.